The zero-order valence-corrected chi connectivity index (χ0v) is 14.5. The Morgan fingerprint density at radius 2 is 1.92 bits per heavy atom. The van der Waals surface area contributed by atoms with E-state index in [0.29, 0.717) is 10.6 Å². The fourth-order valence-corrected chi connectivity index (χ4v) is 4.89. The number of methoxy groups -OCH3 is 2. The Balaban J connectivity index is 1.90. The van der Waals surface area contributed by atoms with E-state index in [0.717, 1.165) is 5.56 Å². The Bertz CT molecular complexity index is 833. The molecule has 4 bridgehead atoms. The largest absolute Gasteiger partial charge is 0.468 e. The number of ether oxygens (including phenoxy) is 2. The average Bonchev–Trinajstić information content (AvgIpc) is 2.98. The SMILES string of the molecule is COC(=O)C1=CC2C=CC3N2N=C(c2ccccc2)SC13C(=O)OC. The fraction of sp³-hybridized carbons (Fsp3) is 0.278. The maximum absolute atomic E-state index is 12.9. The van der Waals surface area contributed by atoms with E-state index in [9.17, 15) is 9.59 Å². The fourth-order valence-electron chi connectivity index (χ4n) is 3.46. The van der Waals surface area contributed by atoms with E-state index in [1.807, 2.05) is 47.5 Å². The molecule has 6 nitrogen and oxygen atoms in total. The molecule has 3 heterocycles. The van der Waals surface area contributed by atoms with Crippen molar-refractivity contribution in [3.8, 4) is 0 Å². The molecular formula is C18H16N2O4S. The summed E-state index contributed by atoms with van der Waals surface area (Å²) < 4.78 is 8.82. The molecule has 7 heteroatoms. The van der Waals surface area contributed by atoms with Gasteiger partial charge in [0, 0.05) is 5.56 Å². The molecule has 0 N–H and O–H groups in total. The molecule has 0 aromatic heterocycles. The minimum Gasteiger partial charge on any atom is -0.468 e. The average molecular weight is 356 g/mol. The van der Waals surface area contributed by atoms with Gasteiger partial charge in [-0.15, -0.1) is 0 Å². The molecule has 3 aliphatic heterocycles. The Hall–Kier alpha value is -2.54. The zero-order valence-electron chi connectivity index (χ0n) is 13.7. The van der Waals surface area contributed by atoms with E-state index in [2.05, 4.69) is 0 Å². The van der Waals surface area contributed by atoms with Crippen LogP contribution in [0.5, 0.6) is 0 Å². The smallest absolute Gasteiger partial charge is 0.335 e. The molecule has 0 fully saturated rings. The van der Waals surface area contributed by atoms with Gasteiger partial charge in [0.15, 0.2) is 4.75 Å². The molecule has 3 unspecified atom stereocenters. The van der Waals surface area contributed by atoms with Crippen LogP contribution in [0.3, 0.4) is 0 Å². The lowest BCUT2D eigenvalue weighted by Gasteiger charge is -2.47. The second-order valence-corrected chi connectivity index (χ2v) is 7.11. The van der Waals surface area contributed by atoms with Crippen LogP contribution in [-0.2, 0) is 19.1 Å². The summed E-state index contributed by atoms with van der Waals surface area (Å²) in [4.78, 5) is 25.3. The summed E-state index contributed by atoms with van der Waals surface area (Å²) in [6.45, 7) is 0. The molecule has 4 rings (SSSR count). The summed E-state index contributed by atoms with van der Waals surface area (Å²) in [7, 11) is 2.64. The first-order valence-corrected chi connectivity index (χ1v) is 8.62. The Morgan fingerprint density at radius 3 is 2.60 bits per heavy atom. The van der Waals surface area contributed by atoms with Crippen molar-refractivity contribution in [2.24, 2.45) is 5.10 Å². The van der Waals surface area contributed by atoms with Crippen LogP contribution in [0.25, 0.3) is 0 Å². The van der Waals surface area contributed by atoms with Gasteiger partial charge in [0.05, 0.1) is 31.9 Å². The first kappa shape index (κ1) is 16.0. The minimum absolute atomic E-state index is 0.184. The lowest BCUT2D eigenvalue weighted by atomic mass is 9.87. The first-order chi connectivity index (χ1) is 12.1. The second-order valence-electron chi connectivity index (χ2n) is 5.87. The number of carbonyl (C=O) groups is 2. The molecule has 0 saturated carbocycles. The number of esters is 2. The van der Waals surface area contributed by atoms with Crippen molar-refractivity contribution in [1.29, 1.82) is 0 Å². The monoisotopic (exact) mass is 356 g/mol. The van der Waals surface area contributed by atoms with Crippen LogP contribution >= 0.6 is 11.8 Å². The zero-order chi connectivity index (χ0) is 17.6. The van der Waals surface area contributed by atoms with Crippen LogP contribution in [0.15, 0.2) is 59.2 Å². The van der Waals surface area contributed by atoms with Crippen LogP contribution in [0.2, 0.25) is 0 Å². The highest BCUT2D eigenvalue weighted by atomic mass is 32.2. The summed E-state index contributed by atoms with van der Waals surface area (Å²) in [6, 6.07) is 9.02. The van der Waals surface area contributed by atoms with E-state index in [1.165, 1.54) is 26.0 Å². The predicted octanol–water partition coefficient (Wildman–Crippen LogP) is 1.73. The second kappa shape index (κ2) is 5.77. The highest BCUT2D eigenvalue weighted by molar-refractivity contribution is 8.16. The van der Waals surface area contributed by atoms with Crippen LogP contribution in [0.1, 0.15) is 5.56 Å². The third kappa shape index (κ3) is 2.15. The molecular weight excluding hydrogens is 340 g/mol. The lowest BCUT2D eigenvalue weighted by Crippen LogP contribution is -2.61. The van der Waals surface area contributed by atoms with Gasteiger partial charge in [-0.2, -0.15) is 5.10 Å². The number of benzene rings is 1. The molecule has 0 amide bonds. The molecule has 1 aromatic rings. The van der Waals surface area contributed by atoms with Gasteiger partial charge in [0.2, 0.25) is 0 Å². The van der Waals surface area contributed by atoms with Crippen LogP contribution in [0.4, 0.5) is 0 Å². The number of hydrogen-bond acceptors (Lipinski definition) is 7. The molecule has 128 valence electrons. The molecule has 1 aromatic carbocycles. The highest BCUT2D eigenvalue weighted by Gasteiger charge is 2.62. The van der Waals surface area contributed by atoms with Crippen molar-refractivity contribution in [2.75, 3.05) is 14.2 Å². The van der Waals surface area contributed by atoms with Crippen molar-refractivity contribution < 1.29 is 19.1 Å². The van der Waals surface area contributed by atoms with Gasteiger partial charge in [-0.3, -0.25) is 9.80 Å². The van der Waals surface area contributed by atoms with Crippen LogP contribution < -0.4 is 0 Å². The van der Waals surface area contributed by atoms with Gasteiger partial charge in [0.1, 0.15) is 5.04 Å². The molecule has 0 aliphatic carbocycles. The summed E-state index contributed by atoms with van der Waals surface area (Å²) in [5.74, 6) is -1.01. The highest BCUT2D eigenvalue weighted by Crippen LogP contribution is 2.51. The van der Waals surface area contributed by atoms with Crippen molar-refractivity contribution >= 4 is 28.7 Å². The van der Waals surface area contributed by atoms with Crippen molar-refractivity contribution in [1.82, 2.24) is 5.01 Å². The Kier molecular flexibility index (Phi) is 3.68. The predicted molar refractivity (Wildman–Crippen MR) is 94.0 cm³/mol. The topological polar surface area (TPSA) is 68.2 Å². The summed E-state index contributed by atoms with van der Waals surface area (Å²) in [5, 5.41) is 7.25. The summed E-state index contributed by atoms with van der Waals surface area (Å²) in [6.07, 6.45) is 5.59. The number of hydrogen-bond donors (Lipinski definition) is 0. The Morgan fingerprint density at radius 1 is 1.16 bits per heavy atom. The lowest BCUT2D eigenvalue weighted by molar-refractivity contribution is -0.147. The van der Waals surface area contributed by atoms with Gasteiger partial charge >= 0.3 is 11.9 Å². The van der Waals surface area contributed by atoms with Gasteiger partial charge < -0.3 is 9.47 Å². The van der Waals surface area contributed by atoms with Gasteiger partial charge in [-0.1, -0.05) is 54.2 Å². The molecule has 3 aliphatic rings. The van der Waals surface area contributed by atoms with E-state index in [-0.39, 0.29) is 12.1 Å². The first-order valence-electron chi connectivity index (χ1n) is 7.80. The van der Waals surface area contributed by atoms with Crippen LogP contribution in [0, 0.1) is 0 Å². The number of rotatable bonds is 3. The Labute approximate surface area is 149 Å². The molecule has 0 spiro atoms. The maximum atomic E-state index is 12.9. The van der Waals surface area contributed by atoms with Gasteiger partial charge in [0.25, 0.3) is 0 Å². The van der Waals surface area contributed by atoms with E-state index >= 15 is 0 Å². The van der Waals surface area contributed by atoms with Gasteiger partial charge in [-0.05, 0) is 6.08 Å². The summed E-state index contributed by atoms with van der Waals surface area (Å²) >= 11 is 1.24. The number of nitrogens with zero attached hydrogens (tertiary/aromatic N) is 2. The van der Waals surface area contributed by atoms with Crippen molar-refractivity contribution in [2.45, 2.75) is 16.8 Å². The quantitative estimate of drug-likeness (QED) is 0.607. The normalized spacial score (nSPS) is 29.0. The molecule has 0 radical (unpaired) electrons. The minimum atomic E-state index is -1.24. The van der Waals surface area contributed by atoms with E-state index in [4.69, 9.17) is 14.6 Å². The van der Waals surface area contributed by atoms with Crippen molar-refractivity contribution in [3.05, 3.63) is 59.7 Å². The maximum Gasteiger partial charge on any atom is 0.335 e. The number of thioether (sulfide) groups is 1. The molecule has 25 heavy (non-hydrogen) atoms. The van der Waals surface area contributed by atoms with Crippen LogP contribution in [-0.4, -0.2) is 53.0 Å². The standard InChI is InChI=1S/C18H16N2O4S/c1-23-16(21)13-10-12-8-9-14-18(13,17(22)24-2)25-15(19-20(12)14)11-6-4-3-5-7-11/h3-10,12,14H,1-2H3. The number of hydrazone groups is 1. The van der Waals surface area contributed by atoms with Crippen molar-refractivity contribution in [3.63, 3.8) is 0 Å². The summed E-state index contributed by atoms with van der Waals surface area (Å²) in [5.41, 5.74) is 1.20. The number of carbonyl (C=O) groups excluding carboxylic acids is 2. The third-order valence-electron chi connectivity index (χ3n) is 4.61. The van der Waals surface area contributed by atoms with Gasteiger partial charge in [-0.25, -0.2) is 4.79 Å². The van der Waals surface area contributed by atoms with E-state index < -0.39 is 16.7 Å². The molecule has 0 saturated heterocycles. The molecule has 3 atom stereocenters. The van der Waals surface area contributed by atoms with E-state index in [1.54, 1.807) is 6.08 Å². The third-order valence-corrected chi connectivity index (χ3v) is 6.07.